The van der Waals surface area contributed by atoms with Gasteiger partial charge in [-0.15, -0.1) is 0 Å². The molecule has 380 valence electrons. The molecule has 0 fully saturated rings. The number of ether oxygens (including phenoxy) is 1. The van der Waals surface area contributed by atoms with Crippen molar-refractivity contribution in [3.05, 3.63) is 294 Å². The lowest BCUT2D eigenvalue weighted by atomic mass is 9.67. The van der Waals surface area contributed by atoms with E-state index in [4.69, 9.17) is 16.3 Å². The van der Waals surface area contributed by atoms with E-state index in [0.717, 1.165) is 106 Å². The quantitative estimate of drug-likeness (QED) is 0.135. The average molecular weight is 1030 g/mol. The lowest BCUT2D eigenvalue weighted by Gasteiger charge is -2.35. The van der Waals surface area contributed by atoms with E-state index < -0.39 is 5.41 Å². The van der Waals surface area contributed by atoms with Crippen LogP contribution in [0.2, 0.25) is 0 Å². The second-order valence-corrected chi connectivity index (χ2v) is 21.8. The smallest absolute Gasteiger partial charge is 0.187 e. The fourth-order valence-corrected chi connectivity index (χ4v) is 12.5. The zero-order valence-corrected chi connectivity index (χ0v) is 44.5. The molecule has 0 bridgehead atoms. The maximum Gasteiger partial charge on any atom is 0.187 e. The normalized spacial score (nSPS) is 14.4. The zero-order chi connectivity index (χ0) is 54.1. The number of hydrogen-bond acceptors (Lipinski definition) is 5. The highest BCUT2D eigenvalue weighted by atomic mass is 16.5. The largest absolute Gasteiger partial charge is 0.457 e. The van der Waals surface area contributed by atoms with Crippen LogP contribution in [0.5, 0.6) is 11.5 Å². The van der Waals surface area contributed by atoms with E-state index in [9.17, 15) is 5.26 Å². The Bertz CT molecular complexity index is 4380. The van der Waals surface area contributed by atoms with Crippen molar-refractivity contribution in [1.82, 2.24) is 9.55 Å². The molecule has 10 aromatic carbocycles. The number of pyridine rings is 1. The van der Waals surface area contributed by atoms with Crippen LogP contribution in [0, 0.1) is 17.9 Å². The molecule has 2 aromatic heterocycles. The van der Waals surface area contributed by atoms with Crippen LogP contribution < -0.4 is 14.5 Å². The number of fused-ring (bicyclic) bond motifs is 7. The predicted octanol–water partition coefficient (Wildman–Crippen LogP) is 18.6. The molecule has 12 aromatic rings. The molecule has 0 radical (unpaired) electrons. The first kappa shape index (κ1) is 47.9. The number of benzene rings is 10. The SMILES string of the molecule is [C-]#[N+]c1ccc2c(c1)-c1cc(C#N)ccc1C2(c1ccccc1)c1cc(Oc2ccc3c4ccccc4n(-c4cc(C(C)(C)C)ccn4)c3c2)cc(N2CN(c3c(-c4ccccc4)cccc3-c3ccccc3)c3ccccc32)c1. The van der Waals surface area contributed by atoms with Gasteiger partial charge in [0.2, 0.25) is 0 Å². The van der Waals surface area contributed by atoms with Gasteiger partial charge in [-0.05, 0) is 128 Å². The van der Waals surface area contributed by atoms with Crippen molar-refractivity contribution in [3.8, 4) is 56.8 Å². The summed E-state index contributed by atoms with van der Waals surface area (Å²) in [6.07, 6.45) is 1.91. The van der Waals surface area contributed by atoms with E-state index in [-0.39, 0.29) is 5.41 Å². The fraction of sp³-hybridized carbons (Fsp3) is 0.0822. The Kier molecular flexibility index (Phi) is 11.3. The summed E-state index contributed by atoms with van der Waals surface area (Å²) in [5.41, 5.74) is 18.0. The number of aromatic nitrogens is 2. The molecule has 1 aliphatic heterocycles. The molecule has 0 N–H and O–H groups in total. The average Bonchev–Trinajstić information content (AvgIpc) is 4.25. The van der Waals surface area contributed by atoms with E-state index in [1.165, 1.54) is 5.56 Å². The molecule has 1 unspecified atom stereocenters. The fourth-order valence-electron chi connectivity index (χ4n) is 12.5. The summed E-state index contributed by atoms with van der Waals surface area (Å²) in [4.78, 5) is 13.8. The van der Waals surface area contributed by atoms with Gasteiger partial charge in [-0.1, -0.05) is 178 Å². The standard InChI is InChI=1S/C73H52N6O/c1-72(2,3)52-37-38-76-70(42-52)79-66-28-15-14-25-60(66)61-34-33-56(45-69(61)79)80-57-41-53(73(51-23-12-7-13-24-51)64-35-31-48(46-74)39-62(64)63-43-54(75-4)32-36-65(63)73)40-55(44-57)77-47-78(68-30-17-16-29-67(68)77)71-58(49-19-8-5-9-20-49)26-18-27-59(71)50-21-10-6-11-22-50/h5-45H,47H2,1-3H3. The number of nitriles is 1. The monoisotopic (exact) mass is 1030 g/mol. The number of para-hydroxylation sites is 4. The Morgan fingerprint density at radius 1 is 0.537 bits per heavy atom. The second kappa shape index (κ2) is 18.9. The number of anilines is 4. The second-order valence-electron chi connectivity index (χ2n) is 21.8. The molecule has 0 amide bonds. The van der Waals surface area contributed by atoms with Crippen molar-refractivity contribution in [1.29, 1.82) is 5.26 Å². The minimum Gasteiger partial charge on any atom is -0.457 e. The van der Waals surface area contributed by atoms with Gasteiger partial charge in [0, 0.05) is 45.9 Å². The molecule has 80 heavy (non-hydrogen) atoms. The summed E-state index contributed by atoms with van der Waals surface area (Å²) in [6, 6.07) is 87.6. The van der Waals surface area contributed by atoms with Crippen molar-refractivity contribution in [2.75, 3.05) is 16.5 Å². The third kappa shape index (κ3) is 7.74. The minimum atomic E-state index is -0.909. The number of rotatable bonds is 9. The molecule has 7 nitrogen and oxygen atoms in total. The van der Waals surface area contributed by atoms with Crippen LogP contribution >= 0.6 is 0 Å². The van der Waals surface area contributed by atoms with Crippen molar-refractivity contribution >= 4 is 50.2 Å². The van der Waals surface area contributed by atoms with Gasteiger partial charge in [0.05, 0.1) is 51.7 Å². The Morgan fingerprint density at radius 3 is 1.88 bits per heavy atom. The first-order chi connectivity index (χ1) is 39.2. The summed E-state index contributed by atoms with van der Waals surface area (Å²) in [7, 11) is 0. The van der Waals surface area contributed by atoms with Crippen LogP contribution in [0.15, 0.2) is 249 Å². The topological polar surface area (TPSA) is 61.7 Å². The Labute approximate surface area is 465 Å². The zero-order valence-electron chi connectivity index (χ0n) is 44.5. The summed E-state index contributed by atoms with van der Waals surface area (Å²) in [5.74, 6) is 2.16. The van der Waals surface area contributed by atoms with Gasteiger partial charge in [-0.3, -0.25) is 4.57 Å². The van der Waals surface area contributed by atoms with Gasteiger partial charge in [-0.2, -0.15) is 5.26 Å². The molecular weight excluding hydrogens is 977 g/mol. The van der Waals surface area contributed by atoms with Gasteiger partial charge in [0.1, 0.15) is 24.0 Å². The Morgan fingerprint density at radius 2 is 1.18 bits per heavy atom. The Balaban J connectivity index is 1.01. The molecule has 2 aliphatic rings. The first-order valence-corrected chi connectivity index (χ1v) is 27.0. The van der Waals surface area contributed by atoms with Crippen LogP contribution in [0.1, 0.15) is 54.2 Å². The van der Waals surface area contributed by atoms with Crippen LogP contribution in [0.4, 0.5) is 28.4 Å². The highest BCUT2D eigenvalue weighted by Crippen LogP contribution is 2.59. The lowest BCUT2D eigenvalue weighted by Crippen LogP contribution is -2.29. The van der Waals surface area contributed by atoms with E-state index in [0.29, 0.717) is 29.4 Å². The molecule has 14 rings (SSSR count). The maximum absolute atomic E-state index is 10.4. The van der Waals surface area contributed by atoms with E-state index >= 15 is 0 Å². The van der Waals surface area contributed by atoms with Crippen molar-refractivity contribution in [2.24, 2.45) is 0 Å². The van der Waals surface area contributed by atoms with Gasteiger partial charge < -0.3 is 14.5 Å². The van der Waals surface area contributed by atoms with Crippen molar-refractivity contribution in [2.45, 2.75) is 31.6 Å². The molecule has 1 aliphatic carbocycles. The molecular formula is C73H52N6O. The van der Waals surface area contributed by atoms with Gasteiger partial charge in [0.15, 0.2) is 5.69 Å². The van der Waals surface area contributed by atoms with Crippen LogP contribution in [0.3, 0.4) is 0 Å². The van der Waals surface area contributed by atoms with Crippen LogP contribution in [0.25, 0.3) is 65.8 Å². The third-order valence-corrected chi connectivity index (χ3v) is 16.2. The molecule has 7 heteroatoms. The predicted molar refractivity (Wildman–Crippen MR) is 325 cm³/mol. The van der Waals surface area contributed by atoms with Crippen LogP contribution in [-0.4, -0.2) is 16.2 Å². The van der Waals surface area contributed by atoms with E-state index in [1.807, 2.05) is 30.5 Å². The summed E-state index contributed by atoms with van der Waals surface area (Å²) in [6.45, 7) is 15.3. The molecule has 1 atom stereocenters. The van der Waals surface area contributed by atoms with Gasteiger partial charge in [-0.25, -0.2) is 9.83 Å². The Hall–Kier alpha value is -10.5. The maximum atomic E-state index is 10.4. The van der Waals surface area contributed by atoms with Crippen molar-refractivity contribution in [3.63, 3.8) is 0 Å². The molecule has 0 saturated heterocycles. The number of nitrogens with zero attached hydrogens (tertiary/aromatic N) is 6. The first-order valence-electron chi connectivity index (χ1n) is 27.0. The summed E-state index contributed by atoms with van der Waals surface area (Å²) < 4.78 is 9.63. The van der Waals surface area contributed by atoms with E-state index in [1.54, 1.807) is 0 Å². The number of hydrogen-bond donors (Lipinski definition) is 0. The highest BCUT2D eigenvalue weighted by Gasteiger charge is 2.47. The summed E-state index contributed by atoms with van der Waals surface area (Å²) >= 11 is 0. The summed E-state index contributed by atoms with van der Waals surface area (Å²) in [5, 5.41) is 12.6. The molecule has 3 heterocycles. The molecule has 0 saturated carbocycles. The minimum absolute atomic E-state index is 0.0789. The lowest BCUT2D eigenvalue weighted by molar-refractivity contribution is 0.482. The van der Waals surface area contributed by atoms with Gasteiger partial charge in [0.25, 0.3) is 0 Å². The van der Waals surface area contributed by atoms with Crippen LogP contribution in [-0.2, 0) is 10.8 Å². The van der Waals surface area contributed by atoms with Gasteiger partial charge >= 0.3 is 0 Å². The molecule has 0 spiro atoms. The van der Waals surface area contributed by atoms with E-state index in [2.05, 4.69) is 264 Å². The highest BCUT2D eigenvalue weighted by molar-refractivity contribution is 6.09. The third-order valence-electron chi connectivity index (χ3n) is 16.2. The van der Waals surface area contributed by atoms with Crippen molar-refractivity contribution < 1.29 is 4.74 Å².